The van der Waals surface area contributed by atoms with E-state index in [0.717, 1.165) is 94.8 Å². The van der Waals surface area contributed by atoms with Crippen LogP contribution in [0.25, 0.3) is 0 Å². The predicted molar refractivity (Wildman–Crippen MR) is 517 cm³/mol. The molecule has 0 saturated carbocycles. The van der Waals surface area contributed by atoms with Gasteiger partial charge in [-0.25, -0.2) is 0 Å². The van der Waals surface area contributed by atoms with Crippen molar-refractivity contribution in [2.45, 2.75) is 84.4 Å². The van der Waals surface area contributed by atoms with E-state index < -0.39 is 45.1 Å². The summed E-state index contributed by atoms with van der Waals surface area (Å²) in [6.45, 7) is 0. The average molecular weight is 1740 g/mol. The van der Waals surface area contributed by atoms with Crippen molar-refractivity contribution in [1.29, 1.82) is 0 Å². The first kappa shape index (κ1) is 84.4. The minimum atomic E-state index is -2.99. The van der Waals surface area contributed by atoms with Crippen molar-refractivity contribution in [3.05, 3.63) is 546 Å². The topological polar surface area (TPSA) is 36.9 Å². The van der Waals surface area contributed by atoms with Gasteiger partial charge in [-0.1, -0.05) is 435 Å². The van der Waals surface area contributed by atoms with Crippen molar-refractivity contribution in [2.24, 2.45) is 0 Å². The van der Waals surface area contributed by atoms with E-state index in [9.17, 15) is 0 Å². The lowest BCUT2D eigenvalue weighted by molar-refractivity contribution is 0.521. The van der Waals surface area contributed by atoms with Crippen molar-refractivity contribution < 1.29 is 17.7 Å². The standard InChI is InChI=1S/C110H98Cl4O4Si4/c111-101-69-97(61-65-105(101)115-119(73-85-37-13-1-14-38-85,74-86-39-15-2-16-40-86)75-87-41-17-3-18-42-87)109(98-62-66-106(102(112)70-98)116-120(76-88-43-19-4-20-44-88,77-89-45-21-5-22-46-89)78-90-47-23-6-24-48-90)110(99-63-67-107(103(113)71-99)117-121(79-91-49-25-7-26-50-91,80-92-51-27-8-28-52-92)81-93-53-29-9-30-54-93)100-64-68-108(104(114)72-100)118-122(82-94-55-31-10-32-56-94,83-95-57-33-11-34-58-95)84-96-59-35-12-36-60-96/h1-72,109-110H,73-84H2. The molecular weight excluding hydrogens is 1640 g/mol. The summed E-state index contributed by atoms with van der Waals surface area (Å²) in [5.74, 6) is 1.38. The van der Waals surface area contributed by atoms with Gasteiger partial charge in [-0.3, -0.25) is 0 Å². The molecule has 0 amide bonds. The Balaban J connectivity index is 0.889. The van der Waals surface area contributed by atoms with Crippen LogP contribution in [0.4, 0.5) is 0 Å². The summed E-state index contributed by atoms with van der Waals surface area (Å²) in [5, 5.41) is 1.94. The van der Waals surface area contributed by atoms with Crippen LogP contribution in [0, 0.1) is 0 Å². The van der Waals surface area contributed by atoms with Gasteiger partial charge in [0.05, 0.1) is 20.1 Å². The highest BCUT2D eigenvalue weighted by Gasteiger charge is 2.44. The molecule has 0 aliphatic rings. The van der Waals surface area contributed by atoms with Crippen LogP contribution in [0.5, 0.6) is 23.0 Å². The molecule has 0 bridgehead atoms. The zero-order valence-corrected chi connectivity index (χ0v) is 75.4. The average Bonchev–Trinajstić information content (AvgIpc) is 0.757. The molecule has 0 aliphatic carbocycles. The maximum absolute atomic E-state index is 8.15. The largest absolute Gasteiger partial charge is 0.541 e. The van der Waals surface area contributed by atoms with Crippen LogP contribution >= 0.6 is 46.4 Å². The predicted octanol–water partition coefficient (Wildman–Crippen LogP) is 27.9. The molecule has 12 heteroatoms. The van der Waals surface area contributed by atoms with E-state index in [4.69, 9.17) is 64.1 Å². The summed E-state index contributed by atoms with van der Waals surface area (Å²) in [6, 6.07) is 164. The van der Waals surface area contributed by atoms with Crippen molar-refractivity contribution in [1.82, 2.24) is 0 Å². The van der Waals surface area contributed by atoms with E-state index in [1.165, 1.54) is 66.8 Å². The van der Waals surface area contributed by atoms with Crippen molar-refractivity contribution in [3.8, 4) is 23.0 Å². The Kier molecular flexibility index (Phi) is 28.1. The highest BCUT2D eigenvalue weighted by molar-refractivity contribution is 6.74. The quantitative estimate of drug-likeness (QED) is 0.0364. The Labute approximate surface area is 744 Å². The highest BCUT2D eigenvalue weighted by Crippen LogP contribution is 2.50. The van der Waals surface area contributed by atoms with Crippen LogP contribution < -0.4 is 17.7 Å². The zero-order chi connectivity index (χ0) is 83.2. The molecule has 0 spiro atoms. The van der Waals surface area contributed by atoms with Gasteiger partial charge in [0.2, 0.25) is 0 Å². The monoisotopic (exact) mass is 1730 g/mol. The number of hydrogen-bond acceptors (Lipinski definition) is 4. The Hall–Kier alpha value is -11.3. The van der Waals surface area contributed by atoms with Gasteiger partial charge in [0.15, 0.2) is 0 Å². The number of halogens is 4. The third kappa shape index (κ3) is 22.5. The molecule has 0 saturated heterocycles. The van der Waals surface area contributed by atoms with E-state index in [0.29, 0.717) is 43.1 Å². The summed E-state index contributed by atoms with van der Waals surface area (Å²) >= 11 is 32.6. The Morgan fingerprint density at radius 2 is 0.270 bits per heavy atom. The minimum Gasteiger partial charge on any atom is -0.541 e. The first-order valence-electron chi connectivity index (χ1n) is 42.2. The SMILES string of the molecule is Clc1cc(C(c2ccc(O[Si](Cc3ccccc3)(Cc3ccccc3)Cc3ccccc3)c(Cl)c2)C(c2ccc(O[Si](Cc3ccccc3)(Cc3ccccc3)Cc3ccccc3)c(Cl)c2)c2ccc(O[Si](Cc3ccccc3)(Cc3ccccc3)Cc3ccccc3)c(Cl)c2)ccc1O[Si](Cc1ccccc1)(Cc1ccccc1)Cc1ccccc1. The lowest BCUT2D eigenvalue weighted by Crippen LogP contribution is -2.50. The first-order chi connectivity index (χ1) is 59.8. The second kappa shape index (κ2) is 40.6. The van der Waals surface area contributed by atoms with Gasteiger partial charge in [0, 0.05) is 84.4 Å². The fourth-order valence-corrected chi connectivity index (χ4v) is 35.9. The van der Waals surface area contributed by atoms with Gasteiger partial charge >= 0.3 is 0 Å². The molecule has 0 aromatic heterocycles. The van der Waals surface area contributed by atoms with Gasteiger partial charge in [0.25, 0.3) is 33.3 Å². The molecular formula is C110H98Cl4O4Si4. The van der Waals surface area contributed by atoms with E-state index >= 15 is 0 Å². The number of benzene rings is 16. The smallest absolute Gasteiger partial charge is 0.264 e. The van der Waals surface area contributed by atoms with E-state index in [-0.39, 0.29) is 0 Å². The van der Waals surface area contributed by atoms with Crippen LogP contribution in [0.3, 0.4) is 0 Å². The molecule has 122 heavy (non-hydrogen) atoms. The van der Waals surface area contributed by atoms with E-state index in [1.54, 1.807) is 0 Å². The zero-order valence-electron chi connectivity index (χ0n) is 68.4. The van der Waals surface area contributed by atoms with Gasteiger partial charge in [0.1, 0.15) is 23.0 Å². The van der Waals surface area contributed by atoms with Gasteiger partial charge in [-0.05, 0) is 138 Å². The molecule has 0 radical (unpaired) electrons. The molecule has 16 aromatic rings. The lowest BCUT2D eigenvalue weighted by atomic mass is 9.73. The molecule has 16 aromatic carbocycles. The van der Waals surface area contributed by atoms with Gasteiger partial charge < -0.3 is 17.7 Å². The normalized spacial score (nSPS) is 11.8. The van der Waals surface area contributed by atoms with E-state index in [1.807, 2.05) is 0 Å². The summed E-state index contributed by atoms with van der Waals surface area (Å²) in [6.07, 6.45) is 0. The Morgan fingerprint density at radius 1 is 0.156 bits per heavy atom. The van der Waals surface area contributed by atoms with Crippen molar-refractivity contribution in [3.63, 3.8) is 0 Å². The van der Waals surface area contributed by atoms with Gasteiger partial charge in [-0.15, -0.1) is 0 Å². The number of hydrogen-bond donors (Lipinski definition) is 0. The minimum absolute atomic E-state index is 0.485. The summed E-state index contributed by atoms with van der Waals surface area (Å²) in [7, 11) is -11.9. The molecule has 4 nitrogen and oxygen atoms in total. The highest BCUT2D eigenvalue weighted by atomic mass is 35.5. The maximum atomic E-state index is 8.15. The van der Waals surface area contributed by atoms with Crippen LogP contribution in [-0.2, 0) is 72.5 Å². The second-order valence-corrected chi connectivity index (χ2v) is 49.0. The third-order valence-corrected chi connectivity index (χ3v) is 39.8. The maximum Gasteiger partial charge on any atom is 0.264 e. The molecule has 0 heterocycles. The van der Waals surface area contributed by atoms with Gasteiger partial charge in [-0.2, -0.15) is 0 Å². The fourth-order valence-electron chi connectivity index (χ4n) is 18.1. The van der Waals surface area contributed by atoms with Crippen LogP contribution in [-0.4, -0.2) is 33.3 Å². The summed E-state index contributed by atoms with van der Waals surface area (Å²) in [4.78, 5) is 0. The lowest BCUT2D eigenvalue weighted by Gasteiger charge is -2.35. The molecule has 0 atom stereocenters. The summed E-state index contributed by atoms with van der Waals surface area (Å²) < 4.78 is 31.6. The molecule has 0 aliphatic heterocycles. The molecule has 0 fully saturated rings. The van der Waals surface area contributed by atoms with Crippen molar-refractivity contribution in [2.75, 3.05) is 0 Å². The molecule has 0 unspecified atom stereocenters. The summed E-state index contributed by atoms with van der Waals surface area (Å²) in [5.41, 5.74) is 18.2. The van der Waals surface area contributed by atoms with Crippen LogP contribution in [0.1, 0.15) is 101 Å². The van der Waals surface area contributed by atoms with E-state index in [2.05, 4.69) is 437 Å². The number of rotatable bonds is 37. The van der Waals surface area contributed by atoms with Crippen molar-refractivity contribution >= 4 is 79.7 Å². The second-order valence-electron chi connectivity index (χ2n) is 32.8. The van der Waals surface area contributed by atoms with Crippen LogP contribution in [0.2, 0.25) is 20.1 Å². The molecule has 606 valence electrons. The molecule has 0 N–H and O–H groups in total. The Bertz CT molecular complexity index is 4820. The molecule has 16 rings (SSSR count). The first-order valence-corrected chi connectivity index (χ1v) is 53.9. The Morgan fingerprint density at radius 3 is 0.377 bits per heavy atom. The third-order valence-electron chi connectivity index (χ3n) is 23.3. The fraction of sp³-hybridized carbons (Fsp3) is 0.127. The van der Waals surface area contributed by atoms with Crippen LogP contribution in [0.15, 0.2) is 437 Å².